The van der Waals surface area contributed by atoms with E-state index >= 15 is 0 Å². The molecule has 0 aliphatic heterocycles. The predicted molar refractivity (Wildman–Crippen MR) is 141 cm³/mol. The number of anilines is 1. The molecular formula is C23H28BrCl2N3O4S. The standard InChI is InChI=1S/C23H28BrCl2N3O4S/c1-5-15(2)27-23(31)16(3)28(13-17-7-6-8-18(24)11-17)22(30)14-29(34(4,32)33)19-9-10-20(25)21(26)12-19/h6-12,15-16H,5,13-14H2,1-4H3,(H,27,31)/t15-,16-/m0/s1. The predicted octanol–water partition coefficient (Wildman–Crippen LogP) is 4.85. The molecule has 0 heterocycles. The Morgan fingerprint density at radius 2 is 1.76 bits per heavy atom. The van der Waals surface area contributed by atoms with Crippen LogP contribution in [0.3, 0.4) is 0 Å². The van der Waals surface area contributed by atoms with Gasteiger partial charge in [0.25, 0.3) is 0 Å². The van der Waals surface area contributed by atoms with Crippen molar-refractivity contribution in [2.45, 2.75) is 45.8 Å². The number of sulfonamides is 1. The maximum Gasteiger partial charge on any atom is 0.244 e. The second-order valence-electron chi connectivity index (χ2n) is 8.01. The third-order valence-electron chi connectivity index (χ3n) is 5.28. The maximum atomic E-state index is 13.5. The Morgan fingerprint density at radius 3 is 2.32 bits per heavy atom. The molecule has 1 N–H and O–H groups in total. The van der Waals surface area contributed by atoms with Crippen molar-refractivity contribution in [1.29, 1.82) is 0 Å². The van der Waals surface area contributed by atoms with Crippen LogP contribution >= 0.6 is 39.1 Å². The molecule has 2 rings (SSSR count). The molecule has 2 amide bonds. The average Bonchev–Trinajstić information content (AvgIpc) is 2.76. The zero-order valence-corrected chi connectivity index (χ0v) is 23.3. The molecule has 2 aromatic rings. The first kappa shape index (κ1) is 28.4. The summed E-state index contributed by atoms with van der Waals surface area (Å²) in [7, 11) is -3.85. The van der Waals surface area contributed by atoms with E-state index in [0.29, 0.717) is 0 Å². The fraction of sp³-hybridized carbons (Fsp3) is 0.391. The summed E-state index contributed by atoms with van der Waals surface area (Å²) in [4.78, 5) is 27.7. The lowest BCUT2D eigenvalue weighted by atomic mass is 10.1. The van der Waals surface area contributed by atoms with E-state index < -0.39 is 28.5 Å². The van der Waals surface area contributed by atoms with Gasteiger partial charge in [-0.2, -0.15) is 0 Å². The van der Waals surface area contributed by atoms with E-state index in [4.69, 9.17) is 23.2 Å². The summed E-state index contributed by atoms with van der Waals surface area (Å²) < 4.78 is 26.9. The Kier molecular flexibility index (Phi) is 10.2. The topological polar surface area (TPSA) is 86.8 Å². The first-order valence-corrected chi connectivity index (χ1v) is 14.0. The summed E-state index contributed by atoms with van der Waals surface area (Å²) in [6, 6.07) is 10.8. The molecule has 186 valence electrons. The molecule has 2 aromatic carbocycles. The monoisotopic (exact) mass is 591 g/mol. The third-order valence-corrected chi connectivity index (χ3v) is 7.65. The zero-order valence-electron chi connectivity index (χ0n) is 19.4. The number of amides is 2. The van der Waals surface area contributed by atoms with Gasteiger partial charge in [-0.1, -0.05) is 58.2 Å². The summed E-state index contributed by atoms with van der Waals surface area (Å²) in [6.07, 6.45) is 1.73. The Hall–Kier alpha value is -1.81. The SMILES string of the molecule is CC[C@H](C)NC(=O)[C@H](C)N(Cc1cccc(Br)c1)C(=O)CN(c1ccc(Cl)c(Cl)c1)S(C)(=O)=O. The Labute approximate surface area is 219 Å². The van der Waals surface area contributed by atoms with Crippen LogP contribution in [-0.4, -0.2) is 50.0 Å². The molecule has 0 aliphatic rings. The highest BCUT2D eigenvalue weighted by Gasteiger charge is 2.30. The number of halogens is 3. The first-order valence-electron chi connectivity index (χ1n) is 10.6. The minimum absolute atomic E-state index is 0.0681. The molecule has 0 spiro atoms. The highest BCUT2D eigenvalue weighted by molar-refractivity contribution is 9.10. The lowest BCUT2D eigenvalue weighted by molar-refractivity contribution is -0.139. The van der Waals surface area contributed by atoms with Gasteiger partial charge in [0.2, 0.25) is 21.8 Å². The molecule has 0 aromatic heterocycles. The van der Waals surface area contributed by atoms with Crippen LogP contribution in [0.4, 0.5) is 5.69 Å². The summed E-state index contributed by atoms with van der Waals surface area (Å²) >= 11 is 15.5. The number of carbonyl (C=O) groups excluding carboxylic acids is 2. The molecule has 11 heteroatoms. The number of benzene rings is 2. The summed E-state index contributed by atoms with van der Waals surface area (Å²) in [6.45, 7) is 5.05. The minimum atomic E-state index is -3.85. The van der Waals surface area contributed by atoms with E-state index in [9.17, 15) is 18.0 Å². The van der Waals surface area contributed by atoms with Crippen molar-refractivity contribution < 1.29 is 18.0 Å². The van der Waals surface area contributed by atoms with E-state index in [1.54, 1.807) is 6.92 Å². The molecule has 0 radical (unpaired) electrons. The molecule has 0 saturated heterocycles. The lowest BCUT2D eigenvalue weighted by Crippen LogP contribution is -2.52. The van der Waals surface area contributed by atoms with E-state index in [-0.39, 0.29) is 34.2 Å². The van der Waals surface area contributed by atoms with Gasteiger partial charge in [-0.3, -0.25) is 13.9 Å². The van der Waals surface area contributed by atoms with Crippen LogP contribution in [0.1, 0.15) is 32.8 Å². The van der Waals surface area contributed by atoms with Crippen LogP contribution in [0.25, 0.3) is 0 Å². The number of nitrogens with zero attached hydrogens (tertiary/aromatic N) is 2. The van der Waals surface area contributed by atoms with Crippen LogP contribution in [0.2, 0.25) is 10.0 Å². The number of carbonyl (C=O) groups is 2. The fourth-order valence-electron chi connectivity index (χ4n) is 3.13. The zero-order chi connectivity index (χ0) is 25.6. The van der Waals surface area contributed by atoms with Crippen molar-refractivity contribution >= 4 is 66.7 Å². The normalized spacial score (nSPS) is 13.1. The Bertz CT molecular complexity index is 1150. The van der Waals surface area contributed by atoms with Gasteiger partial charge >= 0.3 is 0 Å². The fourth-order valence-corrected chi connectivity index (χ4v) is 4.71. The number of hydrogen-bond donors (Lipinski definition) is 1. The van der Waals surface area contributed by atoms with Crippen molar-refractivity contribution in [2.75, 3.05) is 17.1 Å². The van der Waals surface area contributed by atoms with Gasteiger partial charge in [0.1, 0.15) is 12.6 Å². The minimum Gasteiger partial charge on any atom is -0.352 e. The Morgan fingerprint density at radius 1 is 1.09 bits per heavy atom. The van der Waals surface area contributed by atoms with E-state index in [2.05, 4.69) is 21.2 Å². The molecule has 34 heavy (non-hydrogen) atoms. The van der Waals surface area contributed by atoms with Crippen molar-refractivity contribution in [1.82, 2.24) is 10.2 Å². The van der Waals surface area contributed by atoms with Crippen LogP contribution in [0, 0.1) is 0 Å². The lowest BCUT2D eigenvalue weighted by Gasteiger charge is -2.32. The van der Waals surface area contributed by atoms with Gasteiger partial charge < -0.3 is 10.2 Å². The molecule has 2 atom stereocenters. The first-order chi connectivity index (χ1) is 15.8. The third kappa shape index (κ3) is 7.86. The quantitative estimate of drug-likeness (QED) is 0.427. The van der Waals surface area contributed by atoms with E-state index in [0.717, 1.165) is 27.0 Å². The van der Waals surface area contributed by atoms with Crippen LogP contribution in [0.5, 0.6) is 0 Å². The smallest absolute Gasteiger partial charge is 0.244 e. The van der Waals surface area contributed by atoms with Crippen LogP contribution in [-0.2, 0) is 26.2 Å². The summed E-state index contributed by atoms with van der Waals surface area (Å²) in [5, 5.41) is 3.31. The average molecular weight is 593 g/mol. The molecule has 0 saturated carbocycles. The van der Waals surface area contributed by atoms with Crippen molar-refractivity contribution in [2.24, 2.45) is 0 Å². The number of hydrogen-bond acceptors (Lipinski definition) is 4. The van der Waals surface area contributed by atoms with Crippen LogP contribution in [0.15, 0.2) is 46.9 Å². The molecule has 0 bridgehead atoms. The van der Waals surface area contributed by atoms with E-state index in [1.807, 2.05) is 38.1 Å². The molecule has 0 fully saturated rings. The Balaban J connectivity index is 2.41. The van der Waals surface area contributed by atoms with Gasteiger partial charge in [0.05, 0.1) is 22.0 Å². The van der Waals surface area contributed by atoms with Crippen molar-refractivity contribution in [3.05, 3.63) is 62.5 Å². The van der Waals surface area contributed by atoms with Crippen molar-refractivity contribution in [3.8, 4) is 0 Å². The molecule has 0 unspecified atom stereocenters. The van der Waals surface area contributed by atoms with Gasteiger partial charge in [-0.25, -0.2) is 8.42 Å². The summed E-state index contributed by atoms with van der Waals surface area (Å²) in [5.41, 5.74) is 0.982. The van der Waals surface area contributed by atoms with Gasteiger partial charge in [-0.05, 0) is 56.2 Å². The molecular weight excluding hydrogens is 565 g/mol. The van der Waals surface area contributed by atoms with E-state index in [1.165, 1.54) is 23.1 Å². The summed E-state index contributed by atoms with van der Waals surface area (Å²) in [5.74, 6) is -0.860. The highest BCUT2D eigenvalue weighted by atomic mass is 79.9. The molecule has 7 nitrogen and oxygen atoms in total. The maximum absolute atomic E-state index is 13.5. The highest BCUT2D eigenvalue weighted by Crippen LogP contribution is 2.28. The van der Waals surface area contributed by atoms with Crippen LogP contribution < -0.4 is 9.62 Å². The second-order valence-corrected chi connectivity index (χ2v) is 11.7. The van der Waals surface area contributed by atoms with Gasteiger partial charge in [0, 0.05) is 17.1 Å². The number of nitrogens with one attached hydrogen (secondary N) is 1. The van der Waals surface area contributed by atoms with Crippen molar-refractivity contribution in [3.63, 3.8) is 0 Å². The second kappa shape index (κ2) is 12.2. The number of rotatable bonds is 10. The van der Waals surface area contributed by atoms with Gasteiger partial charge in [0.15, 0.2) is 0 Å². The molecule has 0 aliphatic carbocycles. The van der Waals surface area contributed by atoms with Gasteiger partial charge in [-0.15, -0.1) is 0 Å². The largest absolute Gasteiger partial charge is 0.352 e.